The molecule has 0 saturated carbocycles. The minimum Gasteiger partial charge on any atom is -0.456 e. The minimum absolute atomic E-state index is 0.148. The topological polar surface area (TPSA) is 13.1 Å². The zero-order valence-corrected chi connectivity index (χ0v) is 27.9. The molecular formula is C49H32O. The molecule has 0 atom stereocenters. The average molecular weight is 637 g/mol. The Morgan fingerprint density at radius 2 is 1.04 bits per heavy atom. The first-order valence-electron chi connectivity index (χ1n) is 17.5. The van der Waals surface area contributed by atoms with Crippen molar-refractivity contribution in [3.63, 3.8) is 0 Å². The van der Waals surface area contributed by atoms with Gasteiger partial charge in [0, 0.05) is 16.2 Å². The van der Waals surface area contributed by atoms with E-state index in [2.05, 4.69) is 159 Å². The van der Waals surface area contributed by atoms with E-state index in [0.29, 0.717) is 0 Å². The quantitative estimate of drug-likeness (QED) is 0.136. The highest BCUT2D eigenvalue weighted by Gasteiger charge is 2.37. The molecule has 1 heterocycles. The number of hydrogen-bond donors (Lipinski definition) is 0. The molecule has 0 unspecified atom stereocenters. The first-order chi connectivity index (χ1) is 24.5. The lowest BCUT2D eigenvalue weighted by Crippen LogP contribution is -2.15. The summed E-state index contributed by atoms with van der Waals surface area (Å²) >= 11 is 0. The van der Waals surface area contributed by atoms with Crippen molar-refractivity contribution in [1.29, 1.82) is 0 Å². The Kier molecular flexibility index (Phi) is 5.51. The Morgan fingerprint density at radius 3 is 1.94 bits per heavy atom. The maximum atomic E-state index is 6.30. The van der Waals surface area contributed by atoms with E-state index >= 15 is 0 Å². The monoisotopic (exact) mass is 636 g/mol. The van der Waals surface area contributed by atoms with Crippen LogP contribution in [0.25, 0.3) is 98.4 Å². The molecule has 1 aromatic heterocycles. The molecule has 0 amide bonds. The molecule has 0 fully saturated rings. The van der Waals surface area contributed by atoms with Gasteiger partial charge in [-0.25, -0.2) is 0 Å². The lowest BCUT2D eigenvalue weighted by Gasteiger charge is -2.23. The summed E-state index contributed by atoms with van der Waals surface area (Å²) in [4.78, 5) is 0. The lowest BCUT2D eigenvalue weighted by atomic mass is 9.80. The van der Waals surface area contributed by atoms with E-state index in [1.54, 1.807) is 0 Å². The molecule has 1 heteroatoms. The van der Waals surface area contributed by atoms with Crippen LogP contribution in [0.2, 0.25) is 0 Å². The Morgan fingerprint density at radius 1 is 0.360 bits per heavy atom. The molecule has 50 heavy (non-hydrogen) atoms. The second-order valence-electron chi connectivity index (χ2n) is 14.4. The smallest absolute Gasteiger partial charge is 0.136 e. The molecular weight excluding hydrogens is 605 g/mol. The maximum Gasteiger partial charge on any atom is 0.136 e. The van der Waals surface area contributed by atoms with Gasteiger partial charge in [-0.05, 0) is 118 Å². The molecule has 0 saturated heterocycles. The molecule has 10 aromatic rings. The average Bonchev–Trinajstić information content (AvgIpc) is 3.64. The predicted octanol–water partition coefficient (Wildman–Crippen LogP) is 13.8. The molecule has 0 spiro atoms. The van der Waals surface area contributed by atoms with Gasteiger partial charge in [-0.3, -0.25) is 0 Å². The Balaban J connectivity index is 1.12. The fourth-order valence-electron chi connectivity index (χ4n) is 9.03. The highest BCUT2D eigenvalue weighted by atomic mass is 16.3. The highest BCUT2D eigenvalue weighted by Crippen LogP contribution is 2.53. The van der Waals surface area contributed by atoms with Gasteiger partial charge in [-0.15, -0.1) is 0 Å². The summed E-state index contributed by atoms with van der Waals surface area (Å²) in [6.45, 7) is 4.78. The SMILES string of the molecule is CC1(C)c2cc(-c3c4ccccc4cc4c3ccc3ccccc34)ccc2-c2c1ccc1c(-c3ccc4c(c3)oc3ccccc34)cccc21. The molecule has 0 N–H and O–H groups in total. The number of benzene rings is 9. The van der Waals surface area contributed by atoms with Gasteiger partial charge in [0.15, 0.2) is 0 Å². The van der Waals surface area contributed by atoms with E-state index in [9.17, 15) is 0 Å². The number of furan rings is 1. The van der Waals surface area contributed by atoms with Gasteiger partial charge in [0.2, 0.25) is 0 Å². The van der Waals surface area contributed by atoms with Crippen molar-refractivity contribution in [1.82, 2.24) is 0 Å². The van der Waals surface area contributed by atoms with Crippen LogP contribution in [-0.2, 0) is 5.41 Å². The molecule has 0 radical (unpaired) electrons. The summed E-state index contributed by atoms with van der Waals surface area (Å²) in [6, 6.07) is 58.2. The molecule has 1 nitrogen and oxygen atoms in total. The van der Waals surface area contributed by atoms with Gasteiger partial charge in [0.25, 0.3) is 0 Å². The van der Waals surface area contributed by atoms with E-state index < -0.39 is 0 Å². The van der Waals surface area contributed by atoms with Crippen LogP contribution >= 0.6 is 0 Å². The van der Waals surface area contributed by atoms with E-state index in [1.165, 1.54) is 87.6 Å². The van der Waals surface area contributed by atoms with Gasteiger partial charge >= 0.3 is 0 Å². The third-order valence-corrected chi connectivity index (χ3v) is 11.4. The molecule has 1 aliphatic carbocycles. The van der Waals surface area contributed by atoms with Gasteiger partial charge in [-0.2, -0.15) is 0 Å². The Labute approximate surface area is 290 Å². The number of rotatable bonds is 2. The van der Waals surface area contributed by atoms with Crippen LogP contribution in [0.4, 0.5) is 0 Å². The summed E-state index contributed by atoms with van der Waals surface area (Å²) in [5.74, 6) is 0. The van der Waals surface area contributed by atoms with Crippen LogP contribution in [-0.4, -0.2) is 0 Å². The van der Waals surface area contributed by atoms with Crippen molar-refractivity contribution in [2.75, 3.05) is 0 Å². The number of fused-ring (bicyclic) bond motifs is 12. The molecule has 0 bridgehead atoms. The van der Waals surface area contributed by atoms with Gasteiger partial charge in [0.1, 0.15) is 11.2 Å². The van der Waals surface area contributed by atoms with Gasteiger partial charge in [-0.1, -0.05) is 141 Å². The molecule has 0 aliphatic heterocycles. The van der Waals surface area contributed by atoms with Crippen LogP contribution in [0.5, 0.6) is 0 Å². The van der Waals surface area contributed by atoms with E-state index in [-0.39, 0.29) is 5.41 Å². The summed E-state index contributed by atoms with van der Waals surface area (Å²) in [5, 5.41) is 12.6. The zero-order chi connectivity index (χ0) is 33.1. The first kappa shape index (κ1) is 27.7. The van der Waals surface area contributed by atoms with E-state index in [1.807, 2.05) is 12.1 Å². The number of hydrogen-bond acceptors (Lipinski definition) is 1. The molecule has 1 aliphatic rings. The fourth-order valence-corrected chi connectivity index (χ4v) is 9.03. The van der Waals surface area contributed by atoms with E-state index in [4.69, 9.17) is 4.42 Å². The second-order valence-corrected chi connectivity index (χ2v) is 14.4. The van der Waals surface area contributed by atoms with Crippen LogP contribution in [0.1, 0.15) is 25.0 Å². The zero-order valence-electron chi connectivity index (χ0n) is 27.9. The van der Waals surface area contributed by atoms with Crippen molar-refractivity contribution in [3.05, 3.63) is 169 Å². The van der Waals surface area contributed by atoms with Crippen molar-refractivity contribution in [2.24, 2.45) is 0 Å². The normalized spacial score (nSPS) is 13.6. The third-order valence-electron chi connectivity index (χ3n) is 11.4. The van der Waals surface area contributed by atoms with Crippen LogP contribution in [0, 0.1) is 0 Å². The highest BCUT2D eigenvalue weighted by molar-refractivity contribution is 6.20. The van der Waals surface area contributed by atoms with Crippen LogP contribution in [0.15, 0.2) is 162 Å². The van der Waals surface area contributed by atoms with Crippen molar-refractivity contribution in [3.8, 4) is 33.4 Å². The third kappa shape index (κ3) is 3.72. The first-order valence-corrected chi connectivity index (χ1v) is 17.5. The standard InChI is InChI=1S/C49H32O/c1-49(2)43-25-24-36-34(31-19-21-38-37-14-7-8-17-45(37)50-46(38)28-31)15-9-16-39(36)48(43)41-23-20-32(27-44(41)49)47-35-13-6-4-11-30(35)26-42-33-12-5-3-10-29(33)18-22-40(42)47/h3-28H,1-2H3. The Bertz CT molecular complexity index is 3060. The summed E-state index contributed by atoms with van der Waals surface area (Å²) in [7, 11) is 0. The fraction of sp³-hybridized carbons (Fsp3) is 0.0612. The lowest BCUT2D eigenvalue weighted by molar-refractivity contribution is 0.661. The Hall–Kier alpha value is -6.18. The van der Waals surface area contributed by atoms with Crippen LogP contribution < -0.4 is 0 Å². The maximum absolute atomic E-state index is 6.30. The van der Waals surface area contributed by atoms with E-state index in [0.717, 1.165) is 21.9 Å². The minimum atomic E-state index is -0.148. The van der Waals surface area contributed by atoms with Gasteiger partial charge in [0.05, 0.1) is 0 Å². The van der Waals surface area contributed by atoms with Crippen molar-refractivity contribution < 1.29 is 4.42 Å². The molecule has 9 aromatic carbocycles. The summed E-state index contributed by atoms with van der Waals surface area (Å²) in [5.41, 5.74) is 12.1. The van der Waals surface area contributed by atoms with Crippen molar-refractivity contribution in [2.45, 2.75) is 19.3 Å². The predicted molar refractivity (Wildman–Crippen MR) is 212 cm³/mol. The second kappa shape index (κ2) is 9.94. The largest absolute Gasteiger partial charge is 0.456 e. The van der Waals surface area contributed by atoms with Crippen LogP contribution in [0.3, 0.4) is 0 Å². The van der Waals surface area contributed by atoms with Crippen molar-refractivity contribution >= 4 is 65.0 Å². The summed E-state index contributed by atoms with van der Waals surface area (Å²) in [6.07, 6.45) is 0. The van der Waals surface area contributed by atoms with Gasteiger partial charge < -0.3 is 4.42 Å². The molecule has 11 rings (SSSR count). The summed E-state index contributed by atoms with van der Waals surface area (Å²) < 4.78 is 6.30. The number of para-hydroxylation sites is 1. The molecule has 234 valence electrons.